The first-order valence-electron chi connectivity index (χ1n) is 17.0. The average molecular weight is 656 g/mol. The Hall–Kier alpha value is -4.26. The van der Waals surface area contributed by atoms with Crippen molar-refractivity contribution in [1.82, 2.24) is 4.90 Å². The minimum absolute atomic E-state index is 0.105. The standard InChI is InChI=1S/C39H49N3O6/c1-39(2,3)48-38(43)42-21-18-34(37(26-42)47-27-29-12-13-31-10-7-20-41(22-19-40)35(31)25-29)30-14-16-33(17-15-30)46-24-8-23-45-28-32-9-5-6-11-36(32)44-4/h5-6,9,11-17,25,34,37H,7-8,10,18,20-24,26-28H2,1-4H3/t34-,37+/m1/s1. The third kappa shape index (κ3) is 9.65. The quantitative estimate of drug-likeness (QED) is 0.140. The Morgan fingerprint density at radius 3 is 2.58 bits per heavy atom. The number of ether oxygens (including phenoxy) is 5. The molecular formula is C39H49N3O6. The molecule has 0 N–H and O–H groups in total. The SMILES string of the molecule is COc1ccccc1COCCCOc1ccc([C@H]2CCN(C(=O)OC(C)(C)C)C[C@@H]2OCc2ccc3c(c2)N(CC#N)CCC3)cc1. The number of carbonyl (C=O) groups is 1. The van der Waals surface area contributed by atoms with Crippen LogP contribution < -0.4 is 14.4 Å². The molecule has 3 aromatic carbocycles. The van der Waals surface area contributed by atoms with Crippen LogP contribution in [0.1, 0.15) is 68.2 Å². The molecule has 0 aliphatic carbocycles. The molecule has 1 saturated heterocycles. The van der Waals surface area contributed by atoms with Crippen molar-refractivity contribution < 1.29 is 28.5 Å². The molecular weight excluding hydrogens is 606 g/mol. The van der Waals surface area contributed by atoms with Gasteiger partial charge in [0.25, 0.3) is 0 Å². The maximum Gasteiger partial charge on any atom is 0.410 e. The number of fused-ring (bicyclic) bond motifs is 1. The van der Waals surface area contributed by atoms with Crippen LogP contribution in [0.4, 0.5) is 10.5 Å². The van der Waals surface area contributed by atoms with Gasteiger partial charge < -0.3 is 33.5 Å². The van der Waals surface area contributed by atoms with Gasteiger partial charge in [0.1, 0.15) is 23.6 Å². The van der Waals surface area contributed by atoms with Crippen molar-refractivity contribution in [1.29, 1.82) is 5.26 Å². The van der Waals surface area contributed by atoms with E-state index in [1.165, 1.54) is 5.56 Å². The number of aryl methyl sites for hydroxylation is 1. The predicted molar refractivity (Wildman–Crippen MR) is 186 cm³/mol. The lowest BCUT2D eigenvalue weighted by molar-refractivity contribution is -0.0359. The molecule has 9 heteroatoms. The van der Waals surface area contributed by atoms with Crippen molar-refractivity contribution in [3.63, 3.8) is 0 Å². The van der Waals surface area contributed by atoms with Crippen LogP contribution in [0, 0.1) is 11.3 Å². The summed E-state index contributed by atoms with van der Waals surface area (Å²) in [6, 6.07) is 24.8. The van der Waals surface area contributed by atoms with Crippen molar-refractivity contribution in [2.75, 3.05) is 51.4 Å². The Bertz CT molecular complexity index is 1530. The number of hydrogen-bond donors (Lipinski definition) is 0. The Balaban J connectivity index is 1.19. The van der Waals surface area contributed by atoms with E-state index in [-0.39, 0.29) is 18.1 Å². The number of amides is 1. The lowest BCUT2D eigenvalue weighted by Crippen LogP contribution is -2.48. The van der Waals surface area contributed by atoms with Crippen molar-refractivity contribution >= 4 is 11.8 Å². The highest BCUT2D eigenvalue weighted by Crippen LogP contribution is 2.34. The molecule has 0 unspecified atom stereocenters. The number of likely N-dealkylation sites (tertiary alicyclic amines) is 1. The molecule has 0 saturated carbocycles. The molecule has 3 aromatic rings. The first kappa shape index (κ1) is 35.1. The van der Waals surface area contributed by atoms with E-state index in [2.05, 4.69) is 41.3 Å². The summed E-state index contributed by atoms with van der Waals surface area (Å²) < 4.78 is 29.6. The molecule has 0 spiro atoms. The van der Waals surface area contributed by atoms with Crippen molar-refractivity contribution in [2.45, 2.75) is 77.3 Å². The second-order valence-electron chi connectivity index (χ2n) is 13.5. The third-order valence-electron chi connectivity index (χ3n) is 8.76. The Labute approximate surface area is 285 Å². The van der Waals surface area contributed by atoms with E-state index in [0.29, 0.717) is 46.1 Å². The van der Waals surface area contributed by atoms with Gasteiger partial charge in [-0.1, -0.05) is 42.5 Å². The van der Waals surface area contributed by atoms with Gasteiger partial charge in [0.05, 0.1) is 52.3 Å². The fourth-order valence-electron chi connectivity index (χ4n) is 6.36. The van der Waals surface area contributed by atoms with Gasteiger partial charge in [0, 0.05) is 36.7 Å². The van der Waals surface area contributed by atoms with E-state index in [9.17, 15) is 10.1 Å². The number of rotatable bonds is 13. The van der Waals surface area contributed by atoms with E-state index in [0.717, 1.165) is 66.1 Å². The number of nitrogens with zero attached hydrogens (tertiary/aromatic N) is 3. The maximum absolute atomic E-state index is 13.0. The molecule has 9 nitrogen and oxygen atoms in total. The van der Waals surface area contributed by atoms with Gasteiger partial charge in [0.15, 0.2) is 0 Å². The summed E-state index contributed by atoms with van der Waals surface area (Å²) in [5, 5.41) is 9.33. The summed E-state index contributed by atoms with van der Waals surface area (Å²) >= 11 is 0. The minimum Gasteiger partial charge on any atom is -0.496 e. The average Bonchev–Trinajstić information content (AvgIpc) is 3.08. The summed E-state index contributed by atoms with van der Waals surface area (Å²) in [5.74, 6) is 1.75. The number of carbonyl (C=O) groups excluding carboxylic acids is 1. The van der Waals surface area contributed by atoms with E-state index < -0.39 is 5.60 Å². The molecule has 5 rings (SSSR count). The van der Waals surface area contributed by atoms with Crippen molar-refractivity contribution in [3.05, 3.63) is 89.0 Å². The van der Waals surface area contributed by atoms with E-state index in [1.54, 1.807) is 12.0 Å². The number of para-hydroxylation sites is 1. The minimum atomic E-state index is -0.569. The van der Waals surface area contributed by atoms with Crippen LogP contribution in [0.15, 0.2) is 66.7 Å². The molecule has 256 valence electrons. The fourth-order valence-corrected chi connectivity index (χ4v) is 6.36. The van der Waals surface area contributed by atoms with Crippen LogP contribution in [-0.4, -0.2) is 69.2 Å². The summed E-state index contributed by atoms with van der Waals surface area (Å²) in [4.78, 5) is 16.9. The van der Waals surface area contributed by atoms with Gasteiger partial charge in [-0.25, -0.2) is 4.79 Å². The van der Waals surface area contributed by atoms with Crippen LogP contribution >= 0.6 is 0 Å². The molecule has 1 amide bonds. The van der Waals surface area contributed by atoms with Crippen LogP contribution in [0.25, 0.3) is 0 Å². The van der Waals surface area contributed by atoms with E-state index in [1.807, 2.05) is 57.2 Å². The first-order valence-corrected chi connectivity index (χ1v) is 17.0. The predicted octanol–water partition coefficient (Wildman–Crippen LogP) is 7.27. The lowest BCUT2D eigenvalue weighted by atomic mass is 9.87. The second kappa shape index (κ2) is 16.7. The van der Waals surface area contributed by atoms with Crippen LogP contribution in [0.2, 0.25) is 0 Å². The zero-order valence-corrected chi connectivity index (χ0v) is 28.8. The summed E-state index contributed by atoms with van der Waals surface area (Å²) in [6.07, 6.45) is 3.07. The Kier molecular flexibility index (Phi) is 12.2. The van der Waals surface area contributed by atoms with Gasteiger partial charge >= 0.3 is 6.09 Å². The topological polar surface area (TPSA) is 93.5 Å². The molecule has 2 atom stereocenters. The largest absolute Gasteiger partial charge is 0.496 e. The molecule has 0 bridgehead atoms. The monoisotopic (exact) mass is 655 g/mol. The van der Waals surface area contributed by atoms with Gasteiger partial charge in [-0.2, -0.15) is 5.26 Å². The molecule has 0 radical (unpaired) electrons. The van der Waals surface area contributed by atoms with E-state index in [4.69, 9.17) is 23.7 Å². The van der Waals surface area contributed by atoms with Gasteiger partial charge in [0.2, 0.25) is 0 Å². The molecule has 48 heavy (non-hydrogen) atoms. The van der Waals surface area contributed by atoms with Crippen LogP contribution in [0.3, 0.4) is 0 Å². The van der Waals surface area contributed by atoms with Crippen LogP contribution in [-0.2, 0) is 33.8 Å². The Morgan fingerprint density at radius 2 is 1.81 bits per heavy atom. The molecule has 2 aliphatic rings. The molecule has 1 fully saturated rings. The highest BCUT2D eigenvalue weighted by molar-refractivity contribution is 5.68. The summed E-state index contributed by atoms with van der Waals surface area (Å²) in [5.41, 5.74) is 5.07. The van der Waals surface area contributed by atoms with Gasteiger partial charge in [-0.05, 0) is 81.0 Å². The number of methoxy groups -OCH3 is 1. The number of hydrogen-bond acceptors (Lipinski definition) is 8. The number of anilines is 1. The van der Waals surface area contributed by atoms with Crippen LogP contribution in [0.5, 0.6) is 11.5 Å². The number of nitriles is 1. The Morgan fingerprint density at radius 1 is 1.00 bits per heavy atom. The second-order valence-corrected chi connectivity index (χ2v) is 13.5. The summed E-state index contributed by atoms with van der Waals surface area (Å²) in [6.45, 7) is 10.0. The zero-order chi connectivity index (χ0) is 33.9. The molecule has 2 aliphatic heterocycles. The van der Waals surface area contributed by atoms with Gasteiger partial charge in [-0.15, -0.1) is 0 Å². The third-order valence-corrected chi connectivity index (χ3v) is 8.76. The van der Waals surface area contributed by atoms with Gasteiger partial charge in [-0.3, -0.25) is 0 Å². The number of benzene rings is 3. The van der Waals surface area contributed by atoms with Crippen molar-refractivity contribution in [2.24, 2.45) is 0 Å². The van der Waals surface area contributed by atoms with E-state index >= 15 is 0 Å². The smallest absolute Gasteiger partial charge is 0.410 e. The summed E-state index contributed by atoms with van der Waals surface area (Å²) in [7, 11) is 1.67. The highest BCUT2D eigenvalue weighted by Gasteiger charge is 2.35. The number of piperidine rings is 1. The first-order chi connectivity index (χ1) is 23.2. The lowest BCUT2D eigenvalue weighted by Gasteiger charge is -2.39. The molecule has 0 aromatic heterocycles. The normalized spacial score (nSPS) is 17.7. The zero-order valence-electron chi connectivity index (χ0n) is 28.8. The highest BCUT2D eigenvalue weighted by atomic mass is 16.6. The fraction of sp³-hybridized carbons (Fsp3) is 0.487. The molecule has 2 heterocycles. The van der Waals surface area contributed by atoms with Crippen molar-refractivity contribution in [3.8, 4) is 17.6 Å². The maximum atomic E-state index is 13.0.